The summed E-state index contributed by atoms with van der Waals surface area (Å²) in [5.41, 5.74) is 7.89. The van der Waals surface area contributed by atoms with Gasteiger partial charge in [0.2, 0.25) is 5.91 Å². The number of nitrogens with zero attached hydrogens (tertiary/aromatic N) is 4. The Bertz CT molecular complexity index is 1780. The molecule has 0 unspecified atom stereocenters. The van der Waals surface area contributed by atoms with Gasteiger partial charge in [0, 0.05) is 57.5 Å². The van der Waals surface area contributed by atoms with Crippen LogP contribution >= 0.6 is 0 Å². The van der Waals surface area contributed by atoms with Gasteiger partial charge in [-0.2, -0.15) is 5.10 Å². The van der Waals surface area contributed by atoms with Crippen molar-refractivity contribution >= 4 is 33.5 Å². The maximum Gasteiger partial charge on any atom is 0.227 e. The van der Waals surface area contributed by atoms with Crippen LogP contribution in [0.25, 0.3) is 55.7 Å². The highest BCUT2D eigenvalue weighted by atomic mass is 16.1. The van der Waals surface area contributed by atoms with Crippen LogP contribution in [-0.2, 0) is 4.79 Å². The summed E-state index contributed by atoms with van der Waals surface area (Å²) in [5, 5.41) is 12.6. The van der Waals surface area contributed by atoms with E-state index in [-0.39, 0.29) is 11.8 Å². The van der Waals surface area contributed by atoms with Crippen molar-refractivity contribution < 1.29 is 4.79 Å². The molecule has 8 nitrogen and oxygen atoms in total. The number of rotatable bonds is 5. The highest BCUT2D eigenvalue weighted by Gasteiger charge is 2.23. The Kier molecular flexibility index (Phi) is 5.43. The lowest BCUT2D eigenvalue weighted by Gasteiger charge is -2.11. The monoisotopic (exact) mass is 499 g/mol. The number of anilines is 1. The van der Waals surface area contributed by atoms with Crippen LogP contribution < -0.4 is 5.32 Å². The lowest BCUT2D eigenvalue weighted by atomic mass is 10.0. The molecule has 0 bridgehead atoms. The molecule has 0 aliphatic heterocycles. The molecule has 1 aliphatic rings. The number of fused-ring (bicyclic) bond motifs is 2. The van der Waals surface area contributed by atoms with Crippen LogP contribution in [0.4, 0.5) is 5.69 Å². The molecule has 0 radical (unpaired) electrons. The van der Waals surface area contributed by atoms with E-state index in [1.807, 2.05) is 30.3 Å². The highest BCUT2D eigenvalue weighted by molar-refractivity contribution is 6.01. The molecule has 7 rings (SSSR count). The van der Waals surface area contributed by atoms with E-state index in [1.165, 1.54) is 0 Å². The topological polar surface area (TPSA) is 112 Å². The number of hydrogen-bond donors (Lipinski definition) is 3. The van der Waals surface area contributed by atoms with Gasteiger partial charge in [0.15, 0.2) is 5.65 Å². The summed E-state index contributed by atoms with van der Waals surface area (Å²) in [4.78, 5) is 29.7. The van der Waals surface area contributed by atoms with Crippen molar-refractivity contribution in [3.05, 3.63) is 79.4 Å². The molecule has 0 spiro atoms. The number of pyridine rings is 3. The second-order valence-corrected chi connectivity index (χ2v) is 9.79. The van der Waals surface area contributed by atoms with Gasteiger partial charge >= 0.3 is 0 Å². The Hall–Kier alpha value is -4.85. The lowest BCUT2D eigenvalue weighted by Crippen LogP contribution is -2.20. The van der Waals surface area contributed by atoms with E-state index in [1.54, 1.807) is 24.8 Å². The fourth-order valence-electron chi connectivity index (χ4n) is 5.40. The fraction of sp³-hybridized carbons (Fsp3) is 0.167. The molecule has 3 N–H and O–H groups in total. The molecule has 6 aromatic rings. The maximum absolute atomic E-state index is 12.6. The number of hydrogen-bond acceptors (Lipinski definition) is 5. The van der Waals surface area contributed by atoms with Crippen LogP contribution in [0.2, 0.25) is 0 Å². The number of benzene rings is 1. The summed E-state index contributed by atoms with van der Waals surface area (Å²) < 4.78 is 0. The second-order valence-electron chi connectivity index (χ2n) is 9.79. The zero-order valence-corrected chi connectivity index (χ0v) is 20.6. The van der Waals surface area contributed by atoms with Crippen molar-refractivity contribution in [1.29, 1.82) is 0 Å². The van der Waals surface area contributed by atoms with Gasteiger partial charge in [0.05, 0.1) is 29.0 Å². The third-order valence-electron chi connectivity index (χ3n) is 7.35. The van der Waals surface area contributed by atoms with Gasteiger partial charge in [-0.25, -0.2) is 4.98 Å². The quantitative estimate of drug-likeness (QED) is 0.256. The van der Waals surface area contributed by atoms with Crippen molar-refractivity contribution in [3.63, 3.8) is 0 Å². The molecule has 1 aliphatic carbocycles. The van der Waals surface area contributed by atoms with Gasteiger partial charge in [0.25, 0.3) is 0 Å². The van der Waals surface area contributed by atoms with Crippen LogP contribution in [0.5, 0.6) is 0 Å². The van der Waals surface area contributed by atoms with E-state index in [4.69, 9.17) is 0 Å². The van der Waals surface area contributed by atoms with Gasteiger partial charge in [-0.1, -0.05) is 31.0 Å². The maximum atomic E-state index is 12.6. The predicted octanol–water partition coefficient (Wildman–Crippen LogP) is 6.36. The summed E-state index contributed by atoms with van der Waals surface area (Å²) >= 11 is 0. The van der Waals surface area contributed by atoms with Gasteiger partial charge in [-0.05, 0) is 49.2 Å². The average Bonchev–Trinajstić information content (AvgIpc) is 3.73. The molecule has 186 valence electrons. The lowest BCUT2D eigenvalue weighted by molar-refractivity contribution is -0.119. The molecule has 0 saturated heterocycles. The minimum Gasteiger partial charge on any atom is -0.353 e. The molecule has 0 atom stereocenters. The van der Waals surface area contributed by atoms with Gasteiger partial charge in [0.1, 0.15) is 0 Å². The number of amides is 1. The molecule has 38 heavy (non-hydrogen) atoms. The first-order valence-corrected chi connectivity index (χ1v) is 12.9. The average molecular weight is 500 g/mol. The van der Waals surface area contributed by atoms with Gasteiger partial charge < -0.3 is 10.3 Å². The zero-order chi connectivity index (χ0) is 25.5. The Labute approximate surface area is 218 Å². The minimum absolute atomic E-state index is 0.0797. The van der Waals surface area contributed by atoms with Crippen molar-refractivity contribution in [3.8, 4) is 33.8 Å². The molecule has 5 aromatic heterocycles. The third-order valence-corrected chi connectivity index (χ3v) is 7.35. The Morgan fingerprint density at radius 1 is 0.895 bits per heavy atom. The van der Waals surface area contributed by atoms with Crippen molar-refractivity contribution in [2.75, 3.05) is 5.32 Å². The number of nitrogens with one attached hydrogen (secondary N) is 3. The Morgan fingerprint density at radius 2 is 1.79 bits per heavy atom. The van der Waals surface area contributed by atoms with Crippen LogP contribution in [-0.4, -0.2) is 36.0 Å². The number of carbonyl (C=O) groups excluding carboxylic acids is 1. The third kappa shape index (κ3) is 4.00. The van der Waals surface area contributed by atoms with E-state index in [0.29, 0.717) is 11.3 Å². The normalized spacial score (nSPS) is 13.9. The van der Waals surface area contributed by atoms with Gasteiger partial charge in [-0.3, -0.25) is 19.9 Å². The molecule has 1 fully saturated rings. The SMILES string of the molecule is O=C(Nc1cncc(-c2cnc3n[nH]c(-c4cc5c(-c6ccccn6)cccc5[nH]4)c3c2)c1)C1CCCC1. The van der Waals surface area contributed by atoms with E-state index >= 15 is 0 Å². The largest absolute Gasteiger partial charge is 0.353 e. The van der Waals surface area contributed by atoms with Crippen LogP contribution in [0.3, 0.4) is 0 Å². The molecule has 8 heteroatoms. The zero-order valence-electron chi connectivity index (χ0n) is 20.6. The van der Waals surface area contributed by atoms with E-state index < -0.39 is 0 Å². The Morgan fingerprint density at radius 3 is 2.66 bits per heavy atom. The number of H-pyrrole nitrogens is 2. The number of aromatic amines is 2. The van der Waals surface area contributed by atoms with Crippen LogP contribution in [0, 0.1) is 5.92 Å². The van der Waals surface area contributed by atoms with E-state index in [0.717, 1.165) is 75.7 Å². The number of carbonyl (C=O) groups is 1. The molecular formula is C30H25N7O. The van der Waals surface area contributed by atoms with E-state index in [2.05, 4.69) is 59.7 Å². The summed E-state index contributed by atoms with van der Waals surface area (Å²) in [7, 11) is 0. The minimum atomic E-state index is 0.0797. The van der Waals surface area contributed by atoms with Crippen molar-refractivity contribution in [2.45, 2.75) is 25.7 Å². The molecule has 1 saturated carbocycles. The fourth-order valence-corrected chi connectivity index (χ4v) is 5.40. The van der Waals surface area contributed by atoms with Crippen LogP contribution in [0.1, 0.15) is 25.7 Å². The second kappa shape index (κ2) is 9.23. The first-order valence-electron chi connectivity index (χ1n) is 12.9. The summed E-state index contributed by atoms with van der Waals surface area (Å²) in [6.45, 7) is 0. The van der Waals surface area contributed by atoms with Crippen LogP contribution in [0.15, 0.2) is 79.4 Å². The summed E-state index contributed by atoms with van der Waals surface area (Å²) in [5.74, 6) is 0.177. The predicted molar refractivity (Wildman–Crippen MR) is 148 cm³/mol. The van der Waals surface area contributed by atoms with E-state index in [9.17, 15) is 4.79 Å². The molecule has 5 heterocycles. The van der Waals surface area contributed by atoms with Crippen molar-refractivity contribution in [1.82, 2.24) is 30.1 Å². The first kappa shape index (κ1) is 22.4. The number of aromatic nitrogens is 6. The smallest absolute Gasteiger partial charge is 0.227 e. The Balaban J connectivity index is 1.25. The summed E-state index contributed by atoms with van der Waals surface area (Å²) in [6, 6.07) is 18.2. The molecule has 1 amide bonds. The molecule has 1 aromatic carbocycles. The summed E-state index contributed by atoms with van der Waals surface area (Å²) in [6.07, 6.45) is 11.2. The molecular weight excluding hydrogens is 474 g/mol. The highest BCUT2D eigenvalue weighted by Crippen LogP contribution is 2.34. The first-order chi connectivity index (χ1) is 18.7. The van der Waals surface area contributed by atoms with Crippen molar-refractivity contribution in [2.24, 2.45) is 5.92 Å². The van der Waals surface area contributed by atoms with Gasteiger partial charge in [-0.15, -0.1) is 0 Å². The standard InChI is InChI=1S/C30H25N7O/c38-30(18-6-1-2-7-18)34-21-12-19(15-31-17-21)20-13-24-28(36-37-29(24)33-16-20)27-14-23-22(8-5-10-26(23)35-27)25-9-3-4-11-32-25/h3-5,8-18,35H,1-2,6-7H2,(H,34,38)(H,33,36,37).